The fourth-order valence-corrected chi connectivity index (χ4v) is 9.21. The van der Waals surface area contributed by atoms with Crippen LogP contribution in [0, 0.1) is 5.92 Å². The highest BCUT2D eigenvalue weighted by Crippen LogP contribution is 2.54. The Morgan fingerprint density at radius 1 is 0.848 bits per heavy atom. The first-order valence-electron chi connectivity index (χ1n) is 14.4. The normalized spacial score (nSPS) is 18.6. The van der Waals surface area contributed by atoms with Gasteiger partial charge in [0.1, 0.15) is 11.8 Å². The summed E-state index contributed by atoms with van der Waals surface area (Å²) in [6, 6.07) is 16.0. The molecule has 236 valence electrons. The molecule has 0 aliphatic carbocycles. The highest BCUT2D eigenvalue weighted by atomic mass is 32.2. The first kappa shape index (κ1) is 31.5. The summed E-state index contributed by atoms with van der Waals surface area (Å²) in [6.45, 7) is 3.56. The minimum atomic E-state index is -0.837. The Balaban J connectivity index is 1.28. The number of benzene rings is 2. The van der Waals surface area contributed by atoms with Crippen LogP contribution in [0.3, 0.4) is 0 Å². The van der Waals surface area contributed by atoms with Gasteiger partial charge in [0.25, 0.3) is 0 Å². The van der Waals surface area contributed by atoms with E-state index in [-0.39, 0.29) is 24.6 Å². The van der Waals surface area contributed by atoms with Crippen LogP contribution in [0.1, 0.15) is 50.2 Å². The van der Waals surface area contributed by atoms with Crippen LogP contribution in [0.2, 0.25) is 0 Å². The van der Waals surface area contributed by atoms with Crippen molar-refractivity contribution in [1.82, 2.24) is 4.57 Å². The molecular weight excluding hydrogens is 651 g/mol. The Morgan fingerprint density at radius 3 is 2.07 bits per heavy atom. The summed E-state index contributed by atoms with van der Waals surface area (Å²) in [6.07, 6.45) is 0. The van der Waals surface area contributed by atoms with Crippen LogP contribution in [-0.2, 0) is 30.4 Å². The second-order valence-corrected chi connectivity index (χ2v) is 13.4. The molecule has 46 heavy (non-hydrogen) atoms. The van der Waals surface area contributed by atoms with E-state index in [1.807, 2.05) is 17.5 Å². The van der Waals surface area contributed by atoms with Gasteiger partial charge in [-0.05, 0) is 73.8 Å². The Labute approximate surface area is 275 Å². The molecule has 2 aliphatic heterocycles. The fourth-order valence-electron chi connectivity index (χ4n) is 5.49. The number of imide groups is 1. The molecule has 6 rings (SSSR count). The van der Waals surface area contributed by atoms with Crippen molar-refractivity contribution in [2.24, 2.45) is 5.92 Å². The Hall–Kier alpha value is -4.53. The van der Waals surface area contributed by atoms with Crippen LogP contribution in [0.15, 0.2) is 75.9 Å². The zero-order valence-corrected chi connectivity index (χ0v) is 27.0. The number of anilines is 2. The van der Waals surface area contributed by atoms with E-state index < -0.39 is 46.7 Å². The van der Waals surface area contributed by atoms with Gasteiger partial charge in [-0.3, -0.25) is 23.7 Å². The van der Waals surface area contributed by atoms with Crippen LogP contribution >= 0.6 is 34.4 Å². The molecule has 3 amide bonds. The smallest absolute Gasteiger partial charge is 0.338 e. The molecule has 2 aromatic carbocycles. The first-order valence-corrected chi connectivity index (χ1v) is 16.9. The predicted octanol–water partition coefficient (Wildman–Crippen LogP) is 4.76. The van der Waals surface area contributed by atoms with E-state index in [1.165, 1.54) is 40.2 Å². The summed E-state index contributed by atoms with van der Waals surface area (Å²) in [7, 11) is 0. The summed E-state index contributed by atoms with van der Waals surface area (Å²) in [5.41, 5.74) is 1.40. The zero-order chi connectivity index (χ0) is 32.5. The average Bonchev–Trinajstić information content (AvgIpc) is 3.75. The maximum atomic E-state index is 14.0. The molecule has 4 aromatic rings. The van der Waals surface area contributed by atoms with Gasteiger partial charge in [0.15, 0.2) is 0 Å². The number of fused-ring (bicyclic) bond motifs is 2. The number of esters is 2. The van der Waals surface area contributed by atoms with E-state index in [2.05, 4.69) is 5.32 Å². The first-order chi connectivity index (χ1) is 22.2. The van der Waals surface area contributed by atoms with E-state index in [0.717, 1.165) is 32.9 Å². The molecule has 3 atom stereocenters. The van der Waals surface area contributed by atoms with Crippen LogP contribution in [0.4, 0.5) is 11.4 Å². The van der Waals surface area contributed by atoms with Crippen molar-refractivity contribution in [2.45, 2.75) is 36.6 Å². The topological polar surface area (TPSA) is 141 Å². The number of hydrogen-bond acceptors (Lipinski definition) is 11. The second kappa shape index (κ2) is 13.1. The lowest BCUT2D eigenvalue weighted by Gasteiger charge is -2.29. The van der Waals surface area contributed by atoms with Crippen molar-refractivity contribution in [3.8, 4) is 0 Å². The number of nitrogens with one attached hydrogen (secondary N) is 1. The molecule has 2 aliphatic rings. The molecule has 0 spiro atoms. The van der Waals surface area contributed by atoms with Gasteiger partial charge in [-0.1, -0.05) is 29.2 Å². The maximum absolute atomic E-state index is 14.0. The summed E-state index contributed by atoms with van der Waals surface area (Å²) in [5.74, 6) is -3.61. The van der Waals surface area contributed by atoms with E-state index in [9.17, 15) is 28.8 Å². The average molecular weight is 678 g/mol. The van der Waals surface area contributed by atoms with Crippen molar-refractivity contribution in [1.29, 1.82) is 0 Å². The molecule has 14 heteroatoms. The van der Waals surface area contributed by atoms with E-state index in [4.69, 9.17) is 9.47 Å². The molecule has 0 bridgehead atoms. The number of thioether (sulfide) groups is 1. The summed E-state index contributed by atoms with van der Waals surface area (Å²) < 4.78 is 11.4. The Bertz CT molecular complexity index is 1880. The lowest BCUT2D eigenvalue weighted by molar-refractivity contribution is -0.122. The van der Waals surface area contributed by atoms with Gasteiger partial charge >= 0.3 is 16.8 Å². The van der Waals surface area contributed by atoms with Crippen LogP contribution in [0.5, 0.6) is 0 Å². The third-order valence-corrected chi connectivity index (χ3v) is 11.1. The van der Waals surface area contributed by atoms with Crippen LogP contribution in [0.25, 0.3) is 0 Å². The molecule has 0 radical (unpaired) electrons. The number of rotatable bonds is 9. The number of carbonyl (C=O) groups is 5. The van der Waals surface area contributed by atoms with Gasteiger partial charge in [0.2, 0.25) is 17.7 Å². The summed E-state index contributed by atoms with van der Waals surface area (Å²) >= 11 is 3.52. The molecule has 1 N–H and O–H groups in total. The van der Waals surface area contributed by atoms with Gasteiger partial charge in [-0.15, -0.1) is 11.3 Å². The van der Waals surface area contributed by atoms with Gasteiger partial charge in [0.05, 0.1) is 41.0 Å². The van der Waals surface area contributed by atoms with Gasteiger partial charge in [0, 0.05) is 21.4 Å². The number of thiophene rings is 1. The molecule has 2 unspecified atom stereocenters. The van der Waals surface area contributed by atoms with E-state index in [0.29, 0.717) is 32.4 Å². The molecule has 1 fully saturated rings. The van der Waals surface area contributed by atoms with Crippen molar-refractivity contribution in [3.05, 3.63) is 96.6 Å². The van der Waals surface area contributed by atoms with Crippen molar-refractivity contribution < 1.29 is 33.4 Å². The van der Waals surface area contributed by atoms with Crippen molar-refractivity contribution >= 4 is 75.5 Å². The summed E-state index contributed by atoms with van der Waals surface area (Å²) in [4.78, 5) is 80.6. The van der Waals surface area contributed by atoms with Gasteiger partial charge in [-0.25, -0.2) is 14.5 Å². The monoisotopic (exact) mass is 677 g/mol. The predicted molar refractivity (Wildman–Crippen MR) is 174 cm³/mol. The highest BCUT2D eigenvalue weighted by Gasteiger charge is 2.57. The largest absolute Gasteiger partial charge is 0.462 e. The molecule has 11 nitrogen and oxygen atoms in total. The van der Waals surface area contributed by atoms with E-state index in [1.54, 1.807) is 38.1 Å². The molecule has 2 aromatic heterocycles. The lowest BCUT2D eigenvalue weighted by atomic mass is 9.87. The fraction of sp³-hybridized carbons (Fsp3) is 0.250. The standard InChI is InChI=1S/C32H27N3O8S3/c1-3-42-30(39)17-7-11-19(12-8-17)33-22(36)16-34-29-26(46-32(34)41)23(21-6-5-15-44-21)24-25(45-29)28(38)35(27(24)37)20-13-9-18(10-14-20)31(40)43-4-2/h5-15,23-25H,3-4,16H2,1-2H3,(H,33,36)/t23-,24?,25?/m0/s1. The second-order valence-electron chi connectivity index (χ2n) is 10.3. The molecule has 0 saturated carbocycles. The third-order valence-electron chi connectivity index (χ3n) is 7.52. The third kappa shape index (κ3) is 5.79. The Kier molecular flexibility index (Phi) is 8.93. The Morgan fingerprint density at radius 2 is 1.48 bits per heavy atom. The summed E-state index contributed by atoms with van der Waals surface area (Å²) in [5, 5.41) is 4.26. The number of carbonyl (C=O) groups excluding carboxylic acids is 5. The number of nitrogens with zero attached hydrogens (tertiary/aromatic N) is 2. The van der Waals surface area contributed by atoms with E-state index >= 15 is 0 Å². The number of ether oxygens (including phenoxy) is 2. The minimum absolute atomic E-state index is 0.218. The highest BCUT2D eigenvalue weighted by molar-refractivity contribution is 8.00. The quantitative estimate of drug-likeness (QED) is 0.196. The number of hydrogen-bond donors (Lipinski definition) is 1. The number of thiazole rings is 1. The number of aromatic nitrogens is 1. The zero-order valence-electron chi connectivity index (χ0n) is 24.6. The molecule has 1 saturated heterocycles. The minimum Gasteiger partial charge on any atom is -0.462 e. The lowest BCUT2D eigenvalue weighted by Crippen LogP contribution is -2.32. The molecular formula is C32H27N3O8S3. The SMILES string of the molecule is CCOC(=O)c1ccc(NC(=O)Cn2c3c(sc2=O)[C@@H](c2cccs2)C2C(=O)N(c4ccc(C(=O)OCC)cc4)C(=O)C2S3)cc1. The van der Waals surface area contributed by atoms with Crippen molar-refractivity contribution in [3.63, 3.8) is 0 Å². The van der Waals surface area contributed by atoms with Crippen LogP contribution in [-0.4, -0.2) is 52.7 Å². The van der Waals surface area contributed by atoms with Gasteiger partial charge < -0.3 is 14.8 Å². The number of amides is 3. The maximum Gasteiger partial charge on any atom is 0.338 e. The molecule has 4 heterocycles. The van der Waals surface area contributed by atoms with Crippen LogP contribution < -0.4 is 15.1 Å². The van der Waals surface area contributed by atoms with Gasteiger partial charge in [-0.2, -0.15) is 0 Å². The van der Waals surface area contributed by atoms with Crippen molar-refractivity contribution in [2.75, 3.05) is 23.4 Å².